The summed E-state index contributed by atoms with van der Waals surface area (Å²) in [6.45, 7) is 0. The van der Waals surface area contributed by atoms with Crippen LogP contribution in [-0.2, 0) is 0 Å². The van der Waals surface area contributed by atoms with Gasteiger partial charge in [-0.1, -0.05) is 30.3 Å². The highest BCUT2D eigenvalue weighted by Gasteiger charge is 2.31. The molecule has 1 N–H and O–H groups in total. The molecular formula is C14H18N2S2. The maximum Gasteiger partial charge on any atom is 0.161 e. The van der Waals surface area contributed by atoms with E-state index in [1.54, 1.807) is 11.8 Å². The number of hydrogen-bond acceptors (Lipinski definition) is 4. The van der Waals surface area contributed by atoms with Gasteiger partial charge in [0.25, 0.3) is 0 Å². The summed E-state index contributed by atoms with van der Waals surface area (Å²) in [6.07, 6.45) is 6.12. The Morgan fingerprint density at radius 3 is 3.11 bits per heavy atom. The Kier molecular flexibility index (Phi) is 3.85. The molecule has 4 heteroatoms. The Hall–Kier alpha value is -0.610. The molecule has 0 spiro atoms. The van der Waals surface area contributed by atoms with Crippen molar-refractivity contribution in [3.05, 3.63) is 24.3 Å². The first kappa shape index (κ1) is 12.4. The highest BCUT2D eigenvalue weighted by molar-refractivity contribution is 8.14. The van der Waals surface area contributed by atoms with Gasteiger partial charge in [0.15, 0.2) is 5.17 Å². The number of rotatable bonds is 2. The topological polar surface area (TPSA) is 24.4 Å². The first-order chi connectivity index (χ1) is 8.86. The third kappa shape index (κ3) is 2.54. The SMILES string of the molecule is CSc1ccccc1NC1=NC2CCCC2CS1. The standard InChI is InChI=1S/C14H18N2S2/c1-17-13-8-3-2-6-12(13)16-14-15-11-7-4-5-10(11)9-18-14/h2-3,6,8,10-11H,4-5,7,9H2,1H3,(H,15,16). The molecule has 1 saturated carbocycles. The zero-order chi connectivity index (χ0) is 12.4. The summed E-state index contributed by atoms with van der Waals surface area (Å²) in [7, 11) is 0. The predicted molar refractivity (Wildman–Crippen MR) is 82.9 cm³/mol. The molecule has 0 radical (unpaired) electrons. The number of benzene rings is 1. The molecule has 0 amide bonds. The van der Waals surface area contributed by atoms with Gasteiger partial charge in [0.1, 0.15) is 0 Å². The average molecular weight is 278 g/mol. The van der Waals surface area contributed by atoms with Gasteiger partial charge in [-0.05, 0) is 37.1 Å². The molecule has 1 heterocycles. The number of nitrogens with one attached hydrogen (secondary N) is 1. The van der Waals surface area contributed by atoms with Gasteiger partial charge in [0, 0.05) is 10.6 Å². The molecule has 2 unspecified atom stereocenters. The van der Waals surface area contributed by atoms with Crippen molar-refractivity contribution < 1.29 is 0 Å². The summed E-state index contributed by atoms with van der Waals surface area (Å²) < 4.78 is 0. The van der Waals surface area contributed by atoms with Crippen molar-refractivity contribution in [1.29, 1.82) is 0 Å². The number of hydrogen-bond donors (Lipinski definition) is 1. The Morgan fingerprint density at radius 1 is 1.33 bits per heavy atom. The van der Waals surface area contributed by atoms with Crippen LogP contribution in [0.5, 0.6) is 0 Å². The molecule has 0 aromatic heterocycles. The van der Waals surface area contributed by atoms with E-state index in [0.717, 1.165) is 11.1 Å². The minimum absolute atomic E-state index is 0.579. The molecule has 1 fully saturated rings. The van der Waals surface area contributed by atoms with Crippen molar-refractivity contribution in [1.82, 2.24) is 0 Å². The molecule has 96 valence electrons. The molecule has 3 rings (SSSR count). The number of amidine groups is 1. The van der Waals surface area contributed by atoms with Crippen LogP contribution in [0.25, 0.3) is 0 Å². The van der Waals surface area contributed by atoms with E-state index < -0.39 is 0 Å². The highest BCUT2D eigenvalue weighted by Crippen LogP contribution is 2.36. The van der Waals surface area contributed by atoms with Gasteiger partial charge >= 0.3 is 0 Å². The Balaban J connectivity index is 1.76. The second-order valence-corrected chi connectivity index (χ2v) is 6.69. The fourth-order valence-corrected chi connectivity index (χ4v) is 4.39. The highest BCUT2D eigenvalue weighted by atomic mass is 32.2. The predicted octanol–water partition coefficient (Wildman–Crippen LogP) is 4.09. The van der Waals surface area contributed by atoms with Gasteiger partial charge in [0.05, 0.1) is 11.7 Å². The quantitative estimate of drug-likeness (QED) is 0.825. The molecule has 1 aliphatic heterocycles. The molecule has 2 atom stereocenters. The van der Waals surface area contributed by atoms with Gasteiger partial charge in [-0.15, -0.1) is 11.8 Å². The van der Waals surface area contributed by atoms with Gasteiger partial charge in [-0.2, -0.15) is 0 Å². The van der Waals surface area contributed by atoms with Gasteiger partial charge in [-0.3, -0.25) is 4.99 Å². The van der Waals surface area contributed by atoms with E-state index in [4.69, 9.17) is 4.99 Å². The first-order valence-corrected chi connectivity index (χ1v) is 8.68. The Labute approximate surface area is 117 Å². The summed E-state index contributed by atoms with van der Waals surface area (Å²) in [5.74, 6) is 2.06. The zero-order valence-corrected chi connectivity index (χ0v) is 12.2. The fourth-order valence-electron chi connectivity index (χ4n) is 2.69. The lowest BCUT2D eigenvalue weighted by Crippen LogP contribution is -2.25. The van der Waals surface area contributed by atoms with Crippen LogP contribution in [0.1, 0.15) is 19.3 Å². The number of fused-ring (bicyclic) bond motifs is 1. The molecule has 1 aromatic rings. The number of aliphatic imine (C=N–C) groups is 1. The summed E-state index contributed by atoms with van der Waals surface area (Å²) in [5, 5.41) is 4.62. The largest absolute Gasteiger partial charge is 0.334 e. The van der Waals surface area contributed by atoms with Crippen molar-refractivity contribution >= 4 is 34.4 Å². The summed E-state index contributed by atoms with van der Waals surface area (Å²) in [5.41, 5.74) is 1.19. The minimum Gasteiger partial charge on any atom is -0.334 e. The van der Waals surface area contributed by atoms with E-state index in [1.807, 2.05) is 11.8 Å². The second-order valence-electron chi connectivity index (χ2n) is 4.83. The fraction of sp³-hybridized carbons (Fsp3) is 0.500. The van der Waals surface area contributed by atoms with Crippen LogP contribution in [0, 0.1) is 5.92 Å². The number of anilines is 1. The van der Waals surface area contributed by atoms with Crippen LogP contribution in [-0.4, -0.2) is 23.2 Å². The van der Waals surface area contributed by atoms with Gasteiger partial charge in [-0.25, -0.2) is 0 Å². The summed E-state index contributed by atoms with van der Waals surface area (Å²) >= 11 is 3.66. The maximum absolute atomic E-state index is 4.87. The molecule has 2 aliphatic rings. The lowest BCUT2D eigenvalue weighted by molar-refractivity contribution is 0.535. The van der Waals surface area contributed by atoms with E-state index in [1.165, 1.54) is 35.6 Å². The van der Waals surface area contributed by atoms with Gasteiger partial charge in [0.2, 0.25) is 0 Å². The Bertz CT molecular complexity index is 459. The molecule has 1 aromatic carbocycles. The zero-order valence-electron chi connectivity index (χ0n) is 10.6. The summed E-state index contributed by atoms with van der Waals surface area (Å²) in [4.78, 5) is 6.16. The van der Waals surface area contributed by atoms with Crippen molar-refractivity contribution in [2.24, 2.45) is 10.9 Å². The molecular weight excluding hydrogens is 260 g/mol. The first-order valence-electron chi connectivity index (χ1n) is 6.47. The monoisotopic (exact) mass is 278 g/mol. The van der Waals surface area contributed by atoms with Crippen LogP contribution in [0.4, 0.5) is 5.69 Å². The van der Waals surface area contributed by atoms with E-state index in [0.29, 0.717) is 6.04 Å². The molecule has 2 nitrogen and oxygen atoms in total. The second kappa shape index (κ2) is 5.57. The van der Waals surface area contributed by atoms with Crippen molar-refractivity contribution in [3.8, 4) is 0 Å². The van der Waals surface area contributed by atoms with Gasteiger partial charge < -0.3 is 5.32 Å². The molecule has 1 aliphatic carbocycles. The Morgan fingerprint density at radius 2 is 2.22 bits per heavy atom. The van der Waals surface area contributed by atoms with Crippen molar-refractivity contribution in [2.75, 3.05) is 17.3 Å². The summed E-state index contributed by atoms with van der Waals surface area (Å²) in [6, 6.07) is 9.03. The number of thioether (sulfide) groups is 2. The van der Waals surface area contributed by atoms with Crippen LogP contribution < -0.4 is 5.32 Å². The maximum atomic E-state index is 4.87. The lowest BCUT2D eigenvalue weighted by atomic mass is 10.1. The smallest absolute Gasteiger partial charge is 0.161 e. The molecule has 0 bridgehead atoms. The third-order valence-corrected chi connectivity index (χ3v) is 5.56. The minimum atomic E-state index is 0.579. The van der Waals surface area contributed by atoms with Crippen LogP contribution >= 0.6 is 23.5 Å². The van der Waals surface area contributed by atoms with Crippen LogP contribution in [0.15, 0.2) is 34.2 Å². The van der Waals surface area contributed by atoms with Crippen molar-refractivity contribution in [3.63, 3.8) is 0 Å². The number of nitrogens with zero attached hydrogens (tertiary/aromatic N) is 1. The molecule has 0 saturated heterocycles. The normalized spacial score (nSPS) is 26.6. The van der Waals surface area contributed by atoms with Crippen molar-refractivity contribution in [2.45, 2.75) is 30.2 Å². The molecule has 18 heavy (non-hydrogen) atoms. The lowest BCUT2D eigenvalue weighted by Gasteiger charge is -2.24. The van der Waals surface area contributed by atoms with Crippen LogP contribution in [0.2, 0.25) is 0 Å². The number of para-hydroxylation sites is 1. The van der Waals surface area contributed by atoms with E-state index in [9.17, 15) is 0 Å². The van der Waals surface area contributed by atoms with E-state index in [2.05, 4.69) is 35.8 Å². The van der Waals surface area contributed by atoms with Crippen LogP contribution in [0.3, 0.4) is 0 Å². The van der Waals surface area contributed by atoms with E-state index >= 15 is 0 Å². The average Bonchev–Trinajstić information content (AvgIpc) is 2.87. The third-order valence-electron chi connectivity index (χ3n) is 3.68. The van der Waals surface area contributed by atoms with E-state index in [-0.39, 0.29) is 0 Å².